The topological polar surface area (TPSA) is 84.2 Å². The molecule has 1 aromatic rings. The SMILES string of the molecule is Cc1ncc(C(=O)O)n1CC(=O)NC1CCCCC1. The van der Waals surface area contributed by atoms with Crippen molar-refractivity contribution >= 4 is 11.9 Å². The smallest absolute Gasteiger partial charge is 0.354 e. The molecule has 1 aromatic heterocycles. The second-order valence-electron chi connectivity index (χ2n) is 4.98. The highest BCUT2D eigenvalue weighted by molar-refractivity contribution is 5.86. The van der Waals surface area contributed by atoms with Crippen LogP contribution in [0.2, 0.25) is 0 Å². The number of hydrogen-bond donors (Lipinski definition) is 2. The predicted octanol–water partition coefficient (Wildman–Crippen LogP) is 1.34. The lowest BCUT2D eigenvalue weighted by atomic mass is 9.95. The zero-order chi connectivity index (χ0) is 13.8. The van der Waals surface area contributed by atoms with Crippen molar-refractivity contribution in [1.82, 2.24) is 14.9 Å². The number of aromatic nitrogens is 2. The molecule has 6 heteroatoms. The van der Waals surface area contributed by atoms with Crippen LogP contribution in [0.5, 0.6) is 0 Å². The van der Waals surface area contributed by atoms with Gasteiger partial charge in [-0.05, 0) is 19.8 Å². The molecule has 19 heavy (non-hydrogen) atoms. The molecule has 2 N–H and O–H groups in total. The molecule has 0 radical (unpaired) electrons. The first-order valence-electron chi connectivity index (χ1n) is 6.62. The Morgan fingerprint density at radius 3 is 2.74 bits per heavy atom. The monoisotopic (exact) mass is 265 g/mol. The minimum Gasteiger partial charge on any atom is -0.477 e. The van der Waals surface area contributed by atoms with E-state index < -0.39 is 5.97 Å². The van der Waals surface area contributed by atoms with Gasteiger partial charge in [-0.3, -0.25) is 4.79 Å². The fourth-order valence-corrected chi connectivity index (χ4v) is 2.50. The summed E-state index contributed by atoms with van der Waals surface area (Å²) in [6, 6.07) is 0.235. The minimum atomic E-state index is -1.06. The highest BCUT2D eigenvalue weighted by Crippen LogP contribution is 2.17. The Balaban J connectivity index is 1.98. The van der Waals surface area contributed by atoms with E-state index in [2.05, 4.69) is 10.3 Å². The van der Waals surface area contributed by atoms with Gasteiger partial charge < -0.3 is 15.0 Å². The molecule has 0 atom stereocenters. The number of carboxylic acid groups (broad SMARTS) is 1. The number of nitrogens with one attached hydrogen (secondary N) is 1. The van der Waals surface area contributed by atoms with Crippen molar-refractivity contribution in [2.24, 2.45) is 0 Å². The van der Waals surface area contributed by atoms with Crippen LogP contribution in [-0.2, 0) is 11.3 Å². The number of nitrogens with zero attached hydrogens (tertiary/aromatic N) is 2. The molecule has 1 aliphatic rings. The Labute approximate surface area is 111 Å². The summed E-state index contributed by atoms with van der Waals surface area (Å²) in [6.07, 6.45) is 6.84. The van der Waals surface area contributed by atoms with Crippen molar-refractivity contribution in [3.05, 3.63) is 17.7 Å². The van der Waals surface area contributed by atoms with Crippen molar-refractivity contribution in [3.63, 3.8) is 0 Å². The van der Waals surface area contributed by atoms with Gasteiger partial charge >= 0.3 is 5.97 Å². The van der Waals surface area contributed by atoms with Gasteiger partial charge in [0.25, 0.3) is 0 Å². The summed E-state index contributed by atoms with van der Waals surface area (Å²) in [7, 11) is 0. The van der Waals surface area contributed by atoms with Crippen molar-refractivity contribution in [1.29, 1.82) is 0 Å². The molecule has 0 saturated heterocycles. The number of amides is 1. The third-order valence-corrected chi connectivity index (χ3v) is 3.55. The van der Waals surface area contributed by atoms with E-state index in [1.165, 1.54) is 17.2 Å². The molecule has 0 bridgehead atoms. The van der Waals surface area contributed by atoms with Crippen LogP contribution in [0.1, 0.15) is 48.4 Å². The summed E-state index contributed by atoms with van der Waals surface area (Å²) in [4.78, 5) is 26.9. The first-order chi connectivity index (χ1) is 9.08. The van der Waals surface area contributed by atoms with E-state index in [0.29, 0.717) is 5.82 Å². The zero-order valence-corrected chi connectivity index (χ0v) is 11.1. The number of carbonyl (C=O) groups excluding carboxylic acids is 1. The van der Waals surface area contributed by atoms with Crippen LogP contribution < -0.4 is 5.32 Å². The summed E-state index contributed by atoms with van der Waals surface area (Å²) >= 11 is 0. The number of aryl methyl sites for hydroxylation is 1. The standard InChI is InChI=1S/C13H19N3O3/c1-9-14-7-11(13(18)19)16(9)8-12(17)15-10-5-3-2-4-6-10/h7,10H,2-6,8H2,1H3,(H,15,17)(H,18,19). The molecule has 0 spiro atoms. The molecule has 6 nitrogen and oxygen atoms in total. The number of rotatable bonds is 4. The molecule has 0 aliphatic heterocycles. The molecule has 2 rings (SSSR count). The molecule has 1 fully saturated rings. The number of hydrogen-bond acceptors (Lipinski definition) is 3. The number of aromatic carboxylic acids is 1. The van der Waals surface area contributed by atoms with E-state index in [1.54, 1.807) is 6.92 Å². The van der Waals surface area contributed by atoms with Crippen LogP contribution in [0.3, 0.4) is 0 Å². The zero-order valence-electron chi connectivity index (χ0n) is 11.1. The van der Waals surface area contributed by atoms with Crippen LogP contribution in [-0.4, -0.2) is 32.6 Å². The Morgan fingerprint density at radius 2 is 2.11 bits per heavy atom. The third-order valence-electron chi connectivity index (χ3n) is 3.55. The summed E-state index contributed by atoms with van der Waals surface area (Å²) < 4.78 is 1.43. The van der Waals surface area contributed by atoms with Crippen molar-refractivity contribution in [2.75, 3.05) is 0 Å². The van der Waals surface area contributed by atoms with E-state index >= 15 is 0 Å². The number of carbonyl (C=O) groups is 2. The number of carboxylic acids is 1. The third kappa shape index (κ3) is 3.33. The van der Waals surface area contributed by atoms with Crippen LogP contribution in [0, 0.1) is 6.92 Å². The lowest BCUT2D eigenvalue weighted by Crippen LogP contribution is -2.38. The van der Waals surface area contributed by atoms with Gasteiger partial charge in [-0.1, -0.05) is 19.3 Å². The van der Waals surface area contributed by atoms with Gasteiger partial charge in [0.15, 0.2) is 0 Å². The Hall–Kier alpha value is -1.85. The van der Waals surface area contributed by atoms with Crippen molar-refractivity contribution in [3.8, 4) is 0 Å². The summed E-state index contributed by atoms with van der Waals surface area (Å²) in [5, 5.41) is 12.0. The molecular weight excluding hydrogens is 246 g/mol. The van der Waals surface area contributed by atoms with Crippen LogP contribution in [0.4, 0.5) is 0 Å². The Morgan fingerprint density at radius 1 is 1.42 bits per heavy atom. The first kappa shape index (κ1) is 13.6. The average Bonchev–Trinajstić information content (AvgIpc) is 2.72. The summed E-state index contributed by atoms with van der Waals surface area (Å²) in [5.41, 5.74) is 0.0521. The normalized spacial score (nSPS) is 16.3. The van der Waals surface area contributed by atoms with Gasteiger partial charge in [-0.15, -0.1) is 0 Å². The maximum absolute atomic E-state index is 12.0. The van der Waals surface area contributed by atoms with Gasteiger partial charge in [0.1, 0.15) is 18.1 Å². The maximum atomic E-state index is 12.0. The predicted molar refractivity (Wildman–Crippen MR) is 68.9 cm³/mol. The average molecular weight is 265 g/mol. The Kier molecular flexibility index (Phi) is 4.19. The fraction of sp³-hybridized carbons (Fsp3) is 0.615. The van der Waals surface area contributed by atoms with Crippen LogP contribution >= 0.6 is 0 Å². The quantitative estimate of drug-likeness (QED) is 0.860. The first-order valence-corrected chi connectivity index (χ1v) is 6.62. The Bertz CT molecular complexity index is 475. The molecular formula is C13H19N3O3. The molecule has 1 saturated carbocycles. The molecule has 1 aliphatic carbocycles. The second-order valence-corrected chi connectivity index (χ2v) is 4.98. The highest BCUT2D eigenvalue weighted by Gasteiger charge is 2.19. The second kappa shape index (κ2) is 5.86. The largest absolute Gasteiger partial charge is 0.477 e. The van der Waals surface area contributed by atoms with Gasteiger partial charge in [0, 0.05) is 6.04 Å². The van der Waals surface area contributed by atoms with Gasteiger partial charge in [0.05, 0.1) is 6.20 Å². The lowest BCUT2D eigenvalue weighted by Gasteiger charge is -2.23. The van der Waals surface area contributed by atoms with Gasteiger partial charge in [-0.25, -0.2) is 9.78 Å². The minimum absolute atomic E-state index is 0.0178. The lowest BCUT2D eigenvalue weighted by molar-refractivity contribution is -0.122. The van der Waals surface area contributed by atoms with E-state index in [-0.39, 0.29) is 24.2 Å². The van der Waals surface area contributed by atoms with Gasteiger partial charge in [-0.2, -0.15) is 0 Å². The molecule has 1 amide bonds. The van der Waals surface area contributed by atoms with Gasteiger partial charge in [0.2, 0.25) is 5.91 Å². The number of imidazole rings is 1. The van der Waals surface area contributed by atoms with Crippen molar-refractivity contribution < 1.29 is 14.7 Å². The van der Waals surface area contributed by atoms with E-state index in [4.69, 9.17) is 5.11 Å². The maximum Gasteiger partial charge on any atom is 0.354 e. The molecule has 0 aromatic carbocycles. The highest BCUT2D eigenvalue weighted by atomic mass is 16.4. The summed E-state index contributed by atoms with van der Waals surface area (Å²) in [6.45, 7) is 1.71. The van der Waals surface area contributed by atoms with E-state index in [0.717, 1.165) is 25.7 Å². The van der Waals surface area contributed by atoms with E-state index in [1.807, 2.05) is 0 Å². The summed E-state index contributed by atoms with van der Waals surface area (Å²) in [5.74, 6) is -0.669. The molecule has 1 heterocycles. The fourth-order valence-electron chi connectivity index (χ4n) is 2.50. The van der Waals surface area contributed by atoms with Crippen LogP contribution in [0.25, 0.3) is 0 Å². The van der Waals surface area contributed by atoms with Crippen LogP contribution in [0.15, 0.2) is 6.20 Å². The van der Waals surface area contributed by atoms with E-state index in [9.17, 15) is 9.59 Å². The molecule has 0 unspecified atom stereocenters. The van der Waals surface area contributed by atoms with Crippen molar-refractivity contribution in [2.45, 2.75) is 51.6 Å². The molecule has 104 valence electrons.